The summed E-state index contributed by atoms with van der Waals surface area (Å²) in [6.07, 6.45) is 7.07. The number of rotatable bonds is 3. The molecule has 140 valence electrons. The molecule has 1 aliphatic heterocycles. The second kappa shape index (κ2) is 6.98. The van der Waals surface area contributed by atoms with Crippen molar-refractivity contribution in [2.45, 2.75) is 39.2 Å². The molecule has 7 heteroatoms. The Balaban J connectivity index is 1.71. The number of hydrogen-bond donors (Lipinski definition) is 1. The highest BCUT2D eigenvalue weighted by Gasteiger charge is 2.28. The van der Waals surface area contributed by atoms with E-state index >= 15 is 0 Å². The lowest BCUT2D eigenvalue weighted by atomic mass is 9.96. The summed E-state index contributed by atoms with van der Waals surface area (Å²) in [5.41, 5.74) is 1.45. The largest absolute Gasteiger partial charge is 0.348 e. The lowest BCUT2D eigenvalue weighted by Crippen LogP contribution is -2.41. The second-order valence-electron chi connectivity index (χ2n) is 7.05. The number of piperidine rings is 1. The molecule has 1 atom stereocenters. The SMILES string of the molecule is CCn1cc(C(=O)N2CCCC(c3ncc[nH]3)C2)c(=O)c2ccc(C)nc21. The fourth-order valence-electron chi connectivity index (χ4n) is 3.81. The molecule has 3 aromatic rings. The van der Waals surface area contributed by atoms with Gasteiger partial charge in [-0.3, -0.25) is 9.59 Å². The fraction of sp³-hybridized carbons (Fsp3) is 0.400. The maximum Gasteiger partial charge on any atom is 0.259 e. The van der Waals surface area contributed by atoms with Gasteiger partial charge >= 0.3 is 0 Å². The third kappa shape index (κ3) is 3.13. The van der Waals surface area contributed by atoms with Gasteiger partial charge in [-0.25, -0.2) is 9.97 Å². The van der Waals surface area contributed by atoms with Crippen molar-refractivity contribution in [3.05, 3.63) is 58.0 Å². The van der Waals surface area contributed by atoms with Crippen LogP contribution in [0.1, 0.15) is 47.6 Å². The predicted molar refractivity (Wildman–Crippen MR) is 103 cm³/mol. The Kier molecular flexibility index (Phi) is 4.51. The Morgan fingerprint density at radius 3 is 2.96 bits per heavy atom. The zero-order valence-electron chi connectivity index (χ0n) is 15.6. The number of carbonyl (C=O) groups is 1. The molecule has 0 aromatic carbocycles. The number of imidazole rings is 1. The number of aryl methyl sites for hydroxylation is 2. The molecule has 1 saturated heterocycles. The average Bonchev–Trinajstić information content (AvgIpc) is 3.23. The number of nitrogens with one attached hydrogen (secondary N) is 1. The Labute approximate surface area is 157 Å². The van der Waals surface area contributed by atoms with Crippen LogP contribution in [0.15, 0.2) is 35.5 Å². The Hall–Kier alpha value is -2.96. The number of aromatic nitrogens is 4. The first-order chi connectivity index (χ1) is 13.1. The number of pyridine rings is 2. The van der Waals surface area contributed by atoms with Crippen molar-refractivity contribution in [2.24, 2.45) is 0 Å². The van der Waals surface area contributed by atoms with Gasteiger partial charge in [0.1, 0.15) is 17.0 Å². The standard InChI is InChI=1S/C20H23N5O2/c1-3-24-12-16(17(26)15-7-6-13(2)23-19(15)24)20(27)25-10-4-5-14(11-25)18-21-8-9-22-18/h6-9,12,14H,3-5,10-11H2,1-2H3,(H,21,22). The van der Waals surface area contributed by atoms with Crippen LogP contribution >= 0.6 is 0 Å². The minimum Gasteiger partial charge on any atom is -0.348 e. The summed E-state index contributed by atoms with van der Waals surface area (Å²) in [5.74, 6) is 0.869. The number of fused-ring (bicyclic) bond motifs is 1. The van der Waals surface area contributed by atoms with Crippen LogP contribution in [0.5, 0.6) is 0 Å². The topological polar surface area (TPSA) is 83.9 Å². The van der Waals surface area contributed by atoms with E-state index in [2.05, 4.69) is 15.0 Å². The van der Waals surface area contributed by atoms with E-state index in [9.17, 15) is 9.59 Å². The Morgan fingerprint density at radius 2 is 2.22 bits per heavy atom. The van der Waals surface area contributed by atoms with Crippen molar-refractivity contribution >= 4 is 16.9 Å². The molecule has 3 aromatic heterocycles. The van der Waals surface area contributed by atoms with Crippen LogP contribution in [0.2, 0.25) is 0 Å². The van der Waals surface area contributed by atoms with E-state index in [0.717, 1.165) is 24.4 Å². The van der Waals surface area contributed by atoms with Gasteiger partial charge < -0.3 is 14.5 Å². The molecule has 4 heterocycles. The van der Waals surface area contributed by atoms with E-state index in [1.165, 1.54) is 0 Å². The normalized spacial score (nSPS) is 17.4. The number of likely N-dealkylation sites (tertiary alicyclic amines) is 1. The van der Waals surface area contributed by atoms with Gasteiger partial charge in [0.2, 0.25) is 5.43 Å². The zero-order valence-corrected chi connectivity index (χ0v) is 15.6. The number of nitrogens with zero attached hydrogens (tertiary/aromatic N) is 4. The van der Waals surface area contributed by atoms with E-state index in [4.69, 9.17) is 0 Å². The Morgan fingerprint density at radius 1 is 1.37 bits per heavy atom. The van der Waals surface area contributed by atoms with Gasteiger partial charge in [-0.1, -0.05) is 0 Å². The highest BCUT2D eigenvalue weighted by molar-refractivity contribution is 5.97. The van der Waals surface area contributed by atoms with Crippen LogP contribution in [0, 0.1) is 6.92 Å². The molecule has 1 fully saturated rings. The molecule has 0 radical (unpaired) electrons. The first-order valence-electron chi connectivity index (χ1n) is 9.38. The zero-order chi connectivity index (χ0) is 19.0. The van der Waals surface area contributed by atoms with Gasteiger partial charge in [0.25, 0.3) is 5.91 Å². The fourth-order valence-corrected chi connectivity index (χ4v) is 3.81. The van der Waals surface area contributed by atoms with Crippen LogP contribution in [0.4, 0.5) is 0 Å². The summed E-state index contributed by atoms with van der Waals surface area (Å²) >= 11 is 0. The van der Waals surface area contributed by atoms with Crippen LogP contribution in [-0.4, -0.2) is 43.4 Å². The molecular weight excluding hydrogens is 342 g/mol. The molecule has 0 bridgehead atoms. The van der Waals surface area contributed by atoms with E-state index < -0.39 is 0 Å². The van der Waals surface area contributed by atoms with E-state index in [1.807, 2.05) is 24.5 Å². The van der Waals surface area contributed by atoms with Crippen molar-refractivity contribution in [3.63, 3.8) is 0 Å². The van der Waals surface area contributed by atoms with Crippen LogP contribution < -0.4 is 5.43 Å². The molecule has 7 nitrogen and oxygen atoms in total. The van der Waals surface area contributed by atoms with E-state index in [-0.39, 0.29) is 22.8 Å². The highest BCUT2D eigenvalue weighted by atomic mass is 16.2. The van der Waals surface area contributed by atoms with Gasteiger partial charge in [-0.05, 0) is 38.8 Å². The van der Waals surface area contributed by atoms with Gasteiger partial charge in [0.05, 0.1) is 5.39 Å². The van der Waals surface area contributed by atoms with Gasteiger partial charge in [-0.15, -0.1) is 0 Å². The summed E-state index contributed by atoms with van der Waals surface area (Å²) in [4.78, 5) is 39.9. The summed E-state index contributed by atoms with van der Waals surface area (Å²) < 4.78 is 1.88. The van der Waals surface area contributed by atoms with Gasteiger partial charge in [0, 0.05) is 49.8 Å². The highest BCUT2D eigenvalue weighted by Crippen LogP contribution is 2.25. The molecular formula is C20H23N5O2. The van der Waals surface area contributed by atoms with Gasteiger partial charge in [0.15, 0.2) is 0 Å². The van der Waals surface area contributed by atoms with Crippen LogP contribution in [0.25, 0.3) is 11.0 Å². The van der Waals surface area contributed by atoms with E-state index in [0.29, 0.717) is 30.7 Å². The lowest BCUT2D eigenvalue weighted by molar-refractivity contribution is 0.0703. The third-order valence-electron chi connectivity index (χ3n) is 5.25. The molecule has 0 aliphatic carbocycles. The molecule has 1 N–H and O–H groups in total. The lowest BCUT2D eigenvalue weighted by Gasteiger charge is -2.32. The number of amides is 1. The predicted octanol–water partition coefficient (Wildman–Crippen LogP) is 2.47. The van der Waals surface area contributed by atoms with Gasteiger partial charge in [-0.2, -0.15) is 0 Å². The van der Waals surface area contributed by atoms with Crippen molar-refractivity contribution in [1.82, 2.24) is 24.4 Å². The third-order valence-corrected chi connectivity index (χ3v) is 5.25. The van der Waals surface area contributed by atoms with Crippen LogP contribution in [-0.2, 0) is 6.54 Å². The minimum atomic E-state index is -0.243. The van der Waals surface area contributed by atoms with Crippen molar-refractivity contribution < 1.29 is 4.79 Å². The Bertz CT molecular complexity index is 1040. The number of H-pyrrole nitrogens is 1. The molecule has 1 unspecified atom stereocenters. The van der Waals surface area contributed by atoms with Crippen molar-refractivity contribution in [1.29, 1.82) is 0 Å². The summed E-state index contributed by atoms with van der Waals surface area (Å²) in [6.45, 7) is 5.75. The van der Waals surface area contributed by atoms with Crippen molar-refractivity contribution in [3.8, 4) is 0 Å². The van der Waals surface area contributed by atoms with Crippen molar-refractivity contribution in [2.75, 3.05) is 13.1 Å². The maximum atomic E-state index is 13.2. The summed E-state index contributed by atoms with van der Waals surface area (Å²) in [7, 11) is 0. The molecule has 27 heavy (non-hydrogen) atoms. The maximum absolute atomic E-state index is 13.2. The summed E-state index contributed by atoms with van der Waals surface area (Å²) in [6, 6.07) is 3.58. The average molecular weight is 365 g/mol. The number of carbonyl (C=O) groups excluding carboxylic acids is 1. The first-order valence-corrected chi connectivity index (χ1v) is 9.38. The molecule has 1 amide bonds. The monoisotopic (exact) mass is 365 g/mol. The smallest absolute Gasteiger partial charge is 0.259 e. The first kappa shape index (κ1) is 17.5. The molecule has 1 aliphatic rings. The minimum absolute atomic E-state index is 0.177. The second-order valence-corrected chi connectivity index (χ2v) is 7.05. The van der Waals surface area contributed by atoms with E-state index in [1.54, 1.807) is 29.6 Å². The number of hydrogen-bond acceptors (Lipinski definition) is 4. The number of aromatic amines is 1. The quantitative estimate of drug-likeness (QED) is 0.773. The summed E-state index contributed by atoms with van der Waals surface area (Å²) in [5, 5.41) is 0.493. The molecule has 0 spiro atoms. The van der Waals surface area contributed by atoms with Crippen LogP contribution in [0.3, 0.4) is 0 Å². The molecule has 0 saturated carbocycles. The molecule has 4 rings (SSSR count).